The van der Waals surface area contributed by atoms with Crippen molar-refractivity contribution in [1.82, 2.24) is 14.9 Å². The summed E-state index contributed by atoms with van der Waals surface area (Å²) in [7, 11) is 0. The summed E-state index contributed by atoms with van der Waals surface area (Å²) >= 11 is 4.50. The van der Waals surface area contributed by atoms with Crippen molar-refractivity contribution < 1.29 is 9.18 Å². The van der Waals surface area contributed by atoms with Crippen molar-refractivity contribution in [3.05, 3.63) is 64.4 Å². The Morgan fingerprint density at radius 2 is 2.03 bits per heavy atom. The number of hydrogen-bond acceptors (Lipinski definition) is 7. The van der Waals surface area contributed by atoms with Crippen molar-refractivity contribution in [1.29, 1.82) is 0 Å². The average Bonchev–Trinajstić information content (AvgIpc) is 3.04. The number of carbonyl (C=O) groups is 1. The third kappa shape index (κ3) is 5.78. The second-order valence-corrected chi connectivity index (χ2v) is 7.70. The number of thioether (sulfide) groups is 1. The van der Waals surface area contributed by atoms with Gasteiger partial charge in [0.25, 0.3) is 5.95 Å². The van der Waals surface area contributed by atoms with Gasteiger partial charge in [-0.3, -0.25) is 4.79 Å². The predicted octanol–water partition coefficient (Wildman–Crippen LogP) is 3.46. The summed E-state index contributed by atoms with van der Waals surface area (Å²) in [5.74, 6) is 5.76. The Morgan fingerprint density at radius 1 is 1.28 bits per heavy atom. The Hall–Kier alpha value is -2.92. The quantitative estimate of drug-likeness (QED) is 0.208. The molecule has 1 amide bonds. The minimum atomic E-state index is -0.318. The number of hydrogen-bond donors (Lipinski definition) is 3. The number of rotatable bonds is 7. The number of aromatic nitrogens is 3. The van der Waals surface area contributed by atoms with Gasteiger partial charge >= 0.3 is 0 Å². The molecule has 1 heterocycles. The molecule has 11 heteroatoms. The maximum absolute atomic E-state index is 13.0. The first-order valence-corrected chi connectivity index (χ1v) is 10.1. The van der Waals surface area contributed by atoms with E-state index in [2.05, 4.69) is 42.0 Å². The fraction of sp³-hybridized carbons (Fsp3) is 0.111. The second kappa shape index (κ2) is 9.52. The van der Waals surface area contributed by atoms with Crippen LogP contribution in [-0.4, -0.2) is 32.2 Å². The van der Waals surface area contributed by atoms with Crippen LogP contribution in [0.25, 0.3) is 0 Å². The summed E-state index contributed by atoms with van der Waals surface area (Å²) in [5.41, 5.74) is 4.78. The molecule has 0 unspecified atom stereocenters. The number of amides is 1. The molecule has 0 aliphatic rings. The normalized spacial score (nSPS) is 11.3. The molecule has 3 rings (SSSR count). The number of anilines is 2. The molecule has 0 bridgehead atoms. The number of halogens is 2. The van der Waals surface area contributed by atoms with Crippen LogP contribution in [0, 0.1) is 5.82 Å². The predicted molar refractivity (Wildman–Crippen MR) is 116 cm³/mol. The topological polar surface area (TPSA) is 110 Å². The van der Waals surface area contributed by atoms with Gasteiger partial charge in [0.2, 0.25) is 11.1 Å². The molecule has 1 aromatic heterocycles. The van der Waals surface area contributed by atoms with E-state index in [4.69, 9.17) is 5.84 Å². The first kappa shape index (κ1) is 20.8. The average molecular weight is 478 g/mol. The summed E-state index contributed by atoms with van der Waals surface area (Å²) in [4.78, 5) is 12.1. The fourth-order valence-corrected chi connectivity index (χ4v) is 3.29. The van der Waals surface area contributed by atoms with E-state index >= 15 is 0 Å². The highest BCUT2D eigenvalue weighted by atomic mass is 79.9. The lowest BCUT2D eigenvalue weighted by Crippen LogP contribution is -2.17. The Bertz CT molecular complexity index is 1040. The van der Waals surface area contributed by atoms with Crippen molar-refractivity contribution >= 4 is 50.9 Å². The van der Waals surface area contributed by atoms with Gasteiger partial charge in [-0.05, 0) is 42.8 Å². The SMILES string of the molecule is C/C(=N\Nc1nnc(SCC(=O)Nc2cccc(Br)c2)n1N)c1ccc(F)cc1. The zero-order valence-corrected chi connectivity index (χ0v) is 17.7. The summed E-state index contributed by atoms with van der Waals surface area (Å²) in [5, 5.41) is 15.2. The fourth-order valence-electron chi connectivity index (χ4n) is 2.23. The minimum absolute atomic E-state index is 0.111. The summed E-state index contributed by atoms with van der Waals surface area (Å²) in [6, 6.07) is 13.2. The maximum Gasteiger partial charge on any atom is 0.264 e. The number of nitrogen functional groups attached to an aromatic ring is 1. The van der Waals surface area contributed by atoms with Crippen LogP contribution in [0.1, 0.15) is 12.5 Å². The van der Waals surface area contributed by atoms with E-state index in [9.17, 15) is 9.18 Å². The van der Waals surface area contributed by atoms with Gasteiger partial charge in [0, 0.05) is 10.2 Å². The number of nitrogens with zero attached hydrogens (tertiary/aromatic N) is 4. The molecule has 4 N–H and O–H groups in total. The van der Waals surface area contributed by atoms with Crippen LogP contribution in [0.15, 0.2) is 63.3 Å². The van der Waals surface area contributed by atoms with E-state index in [0.29, 0.717) is 16.6 Å². The van der Waals surface area contributed by atoms with Gasteiger partial charge in [0.1, 0.15) is 5.82 Å². The molecule has 0 aliphatic heterocycles. The maximum atomic E-state index is 13.0. The Kier molecular flexibility index (Phi) is 6.83. The minimum Gasteiger partial charge on any atom is -0.334 e. The third-order valence-corrected chi connectivity index (χ3v) is 5.13. The number of hydrazone groups is 1. The van der Waals surface area contributed by atoms with Gasteiger partial charge in [-0.1, -0.05) is 45.9 Å². The van der Waals surface area contributed by atoms with E-state index in [-0.39, 0.29) is 23.4 Å². The standard InChI is InChI=1S/C18H17BrFN7OS/c1-11(12-5-7-14(20)8-6-12)23-24-17-25-26-18(27(17)21)29-10-16(28)22-15-4-2-3-13(19)9-15/h2-9H,10,21H2,1H3,(H,22,28)(H,24,25)/b23-11+. The number of nitrogens with two attached hydrogens (primary N) is 1. The monoisotopic (exact) mass is 477 g/mol. The Labute approximate surface area is 178 Å². The molecule has 0 radical (unpaired) electrons. The molecule has 0 aliphatic carbocycles. The zero-order valence-electron chi connectivity index (χ0n) is 15.3. The van der Waals surface area contributed by atoms with Crippen LogP contribution in [-0.2, 0) is 4.79 Å². The molecule has 0 spiro atoms. The number of benzene rings is 2. The van der Waals surface area contributed by atoms with Crippen LogP contribution in [0.4, 0.5) is 16.0 Å². The van der Waals surface area contributed by atoms with Crippen LogP contribution < -0.4 is 16.6 Å². The molecular weight excluding hydrogens is 461 g/mol. The van der Waals surface area contributed by atoms with Crippen LogP contribution >= 0.6 is 27.7 Å². The van der Waals surface area contributed by atoms with Gasteiger partial charge in [-0.15, -0.1) is 10.2 Å². The van der Waals surface area contributed by atoms with Crippen molar-refractivity contribution in [2.45, 2.75) is 12.1 Å². The first-order valence-electron chi connectivity index (χ1n) is 8.37. The Balaban J connectivity index is 1.57. The van der Waals surface area contributed by atoms with Crippen molar-refractivity contribution in [3.8, 4) is 0 Å². The summed E-state index contributed by atoms with van der Waals surface area (Å²) in [6.45, 7) is 1.76. The highest BCUT2D eigenvalue weighted by molar-refractivity contribution is 9.10. The molecule has 2 aromatic carbocycles. The van der Waals surface area contributed by atoms with Gasteiger partial charge in [-0.25, -0.2) is 14.5 Å². The summed E-state index contributed by atoms with van der Waals surface area (Å²) < 4.78 is 15.1. The highest BCUT2D eigenvalue weighted by Gasteiger charge is 2.12. The second-order valence-electron chi connectivity index (χ2n) is 5.84. The van der Waals surface area contributed by atoms with Crippen LogP contribution in [0.2, 0.25) is 0 Å². The molecule has 0 fully saturated rings. The largest absolute Gasteiger partial charge is 0.334 e. The van der Waals surface area contributed by atoms with Gasteiger partial charge < -0.3 is 11.2 Å². The third-order valence-electron chi connectivity index (χ3n) is 3.69. The molecule has 0 saturated heterocycles. The summed E-state index contributed by atoms with van der Waals surface area (Å²) in [6.07, 6.45) is 0. The molecule has 3 aromatic rings. The van der Waals surface area contributed by atoms with Gasteiger partial charge in [0.15, 0.2) is 0 Å². The van der Waals surface area contributed by atoms with Gasteiger partial charge in [-0.2, -0.15) is 5.10 Å². The van der Waals surface area contributed by atoms with Crippen molar-refractivity contribution in [3.63, 3.8) is 0 Å². The molecule has 0 saturated carbocycles. The van der Waals surface area contributed by atoms with Crippen molar-refractivity contribution in [2.75, 3.05) is 22.3 Å². The Morgan fingerprint density at radius 3 is 2.76 bits per heavy atom. The smallest absolute Gasteiger partial charge is 0.264 e. The van der Waals surface area contributed by atoms with E-state index in [1.165, 1.54) is 16.8 Å². The zero-order chi connectivity index (χ0) is 20.8. The van der Waals surface area contributed by atoms with E-state index in [1.54, 1.807) is 31.2 Å². The van der Waals surface area contributed by atoms with Crippen LogP contribution in [0.5, 0.6) is 0 Å². The number of nitrogens with one attached hydrogen (secondary N) is 2. The lowest BCUT2D eigenvalue weighted by molar-refractivity contribution is -0.113. The van der Waals surface area contributed by atoms with Crippen LogP contribution in [0.3, 0.4) is 0 Å². The molecule has 0 atom stereocenters. The van der Waals surface area contributed by atoms with E-state index in [1.807, 2.05) is 12.1 Å². The molecule has 8 nitrogen and oxygen atoms in total. The lowest BCUT2D eigenvalue weighted by atomic mass is 10.1. The van der Waals surface area contributed by atoms with Gasteiger partial charge in [0.05, 0.1) is 11.5 Å². The number of carbonyl (C=O) groups excluding carboxylic acids is 1. The lowest BCUT2D eigenvalue weighted by Gasteiger charge is -2.06. The molecule has 29 heavy (non-hydrogen) atoms. The molecular formula is C18H17BrFN7OS. The highest BCUT2D eigenvalue weighted by Crippen LogP contribution is 2.19. The molecule has 150 valence electrons. The van der Waals surface area contributed by atoms with Crippen molar-refractivity contribution in [2.24, 2.45) is 5.10 Å². The first-order chi connectivity index (χ1) is 13.9. The van der Waals surface area contributed by atoms with E-state index in [0.717, 1.165) is 21.8 Å². The van der Waals surface area contributed by atoms with E-state index < -0.39 is 0 Å².